The maximum Gasteiger partial charge on any atom is 0.216 e. The monoisotopic (exact) mass is 354 g/mol. The molecule has 0 aliphatic heterocycles. The van der Waals surface area contributed by atoms with Gasteiger partial charge >= 0.3 is 0 Å². The molecule has 0 spiro atoms. The van der Waals surface area contributed by atoms with Gasteiger partial charge in [0, 0.05) is 17.2 Å². The number of aromatic amines is 1. The van der Waals surface area contributed by atoms with Gasteiger partial charge in [0.05, 0.1) is 20.4 Å². The number of H-pyrrole nitrogens is 1. The van der Waals surface area contributed by atoms with Gasteiger partial charge in [-0.3, -0.25) is 0 Å². The normalized spacial score (nSPS) is 11.0. The first-order valence-electron chi connectivity index (χ1n) is 7.64. The van der Waals surface area contributed by atoms with Crippen molar-refractivity contribution in [3.8, 4) is 22.9 Å². The molecule has 0 fully saturated rings. The van der Waals surface area contributed by atoms with E-state index >= 15 is 0 Å². The number of methoxy groups -OCH3 is 2. The Kier molecular flexibility index (Phi) is 4.95. The Morgan fingerprint density at radius 3 is 2.68 bits per heavy atom. The minimum absolute atomic E-state index is 0.419. The lowest BCUT2D eigenvalue weighted by Crippen LogP contribution is -1.98. The zero-order valence-electron chi connectivity index (χ0n) is 14.2. The molecular formula is C18H18N4O2S. The SMILES string of the molecule is COc1ccc(/C=N/n2c(-c3ccccc3C)n[nH]c2=S)c(OC)c1. The van der Waals surface area contributed by atoms with Gasteiger partial charge in [-0.25, -0.2) is 5.10 Å². The number of hydrogen-bond donors (Lipinski definition) is 1. The van der Waals surface area contributed by atoms with Crippen LogP contribution in [0.4, 0.5) is 0 Å². The Bertz CT molecular complexity index is 975. The molecule has 7 heteroatoms. The number of ether oxygens (including phenoxy) is 2. The van der Waals surface area contributed by atoms with Crippen LogP contribution in [-0.4, -0.2) is 35.3 Å². The fourth-order valence-corrected chi connectivity index (χ4v) is 2.62. The van der Waals surface area contributed by atoms with E-state index in [9.17, 15) is 0 Å². The van der Waals surface area contributed by atoms with Gasteiger partial charge in [-0.1, -0.05) is 24.3 Å². The minimum atomic E-state index is 0.419. The largest absolute Gasteiger partial charge is 0.497 e. The van der Waals surface area contributed by atoms with Gasteiger partial charge in [0.15, 0.2) is 5.82 Å². The number of aromatic nitrogens is 3. The van der Waals surface area contributed by atoms with Gasteiger partial charge in [-0.2, -0.15) is 14.9 Å². The number of aryl methyl sites for hydroxylation is 1. The highest BCUT2D eigenvalue weighted by atomic mass is 32.1. The third kappa shape index (κ3) is 3.46. The standard InChI is InChI=1S/C18H18N4O2S/c1-12-6-4-5-7-15(12)17-20-21-18(25)22(17)19-11-13-8-9-14(23-2)10-16(13)24-3/h4-11H,1-3H3,(H,21,25)/b19-11+. The minimum Gasteiger partial charge on any atom is -0.497 e. The van der Waals surface area contributed by atoms with E-state index in [-0.39, 0.29) is 0 Å². The second-order valence-corrected chi connectivity index (χ2v) is 5.72. The lowest BCUT2D eigenvalue weighted by atomic mass is 10.1. The summed E-state index contributed by atoms with van der Waals surface area (Å²) in [7, 11) is 3.22. The lowest BCUT2D eigenvalue weighted by molar-refractivity contribution is 0.394. The molecule has 128 valence electrons. The number of nitrogens with one attached hydrogen (secondary N) is 1. The quantitative estimate of drug-likeness (QED) is 0.559. The van der Waals surface area contributed by atoms with E-state index in [0.717, 1.165) is 22.4 Å². The van der Waals surface area contributed by atoms with Crippen LogP contribution in [0.1, 0.15) is 11.1 Å². The first-order chi connectivity index (χ1) is 12.1. The number of benzene rings is 2. The predicted molar refractivity (Wildman–Crippen MR) is 100 cm³/mol. The van der Waals surface area contributed by atoms with E-state index in [2.05, 4.69) is 15.3 Å². The first kappa shape index (κ1) is 16.9. The summed E-state index contributed by atoms with van der Waals surface area (Å²) >= 11 is 5.31. The van der Waals surface area contributed by atoms with Crippen LogP contribution in [-0.2, 0) is 0 Å². The summed E-state index contributed by atoms with van der Waals surface area (Å²) in [5.41, 5.74) is 2.87. The highest BCUT2D eigenvalue weighted by molar-refractivity contribution is 7.71. The smallest absolute Gasteiger partial charge is 0.216 e. The van der Waals surface area contributed by atoms with E-state index in [1.807, 2.05) is 43.3 Å². The lowest BCUT2D eigenvalue weighted by Gasteiger charge is -2.07. The van der Waals surface area contributed by atoms with Crippen molar-refractivity contribution in [2.75, 3.05) is 14.2 Å². The Morgan fingerprint density at radius 2 is 1.96 bits per heavy atom. The fourth-order valence-electron chi connectivity index (χ4n) is 2.44. The van der Waals surface area contributed by atoms with Gasteiger partial charge in [0.25, 0.3) is 0 Å². The molecule has 0 saturated heterocycles. The summed E-state index contributed by atoms with van der Waals surface area (Å²) in [4.78, 5) is 0. The second kappa shape index (κ2) is 7.31. The number of rotatable bonds is 5. The van der Waals surface area contributed by atoms with Gasteiger partial charge in [-0.15, -0.1) is 0 Å². The molecule has 0 amide bonds. The molecule has 0 bridgehead atoms. The summed E-state index contributed by atoms with van der Waals surface area (Å²) < 4.78 is 12.6. The van der Waals surface area contributed by atoms with Crippen LogP contribution in [0.5, 0.6) is 11.5 Å². The molecule has 0 unspecified atom stereocenters. The molecule has 3 aromatic rings. The predicted octanol–water partition coefficient (Wildman–Crippen LogP) is 3.82. The highest BCUT2D eigenvalue weighted by Gasteiger charge is 2.10. The summed E-state index contributed by atoms with van der Waals surface area (Å²) in [5.74, 6) is 2.04. The number of nitrogens with zero attached hydrogens (tertiary/aromatic N) is 3. The number of hydrogen-bond acceptors (Lipinski definition) is 5. The fraction of sp³-hybridized carbons (Fsp3) is 0.167. The topological polar surface area (TPSA) is 64.4 Å². The highest BCUT2D eigenvalue weighted by Crippen LogP contribution is 2.24. The average Bonchev–Trinajstić information content (AvgIpc) is 3.00. The van der Waals surface area contributed by atoms with Gasteiger partial charge in [-0.05, 0) is 36.8 Å². The zero-order valence-corrected chi connectivity index (χ0v) is 15.0. The van der Waals surface area contributed by atoms with Crippen molar-refractivity contribution < 1.29 is 9.47 Å². The Morgan fingerprint density at radius 1 is 1.16 bits per heavy atom. The van der Waals surface area contributed by atoms with Crippen LogP contribution in [0.25, 0.3) is 11.4 Å². The van der Waals surface area contributed by atoms with Crippen molar-refractivity contribution in [1.29, 1.82) is 0 Å². The zero-order chi connectivity index (χ0) is 17.8. The Balaban J connectivity index is 2.02. The van der Waals surface area contributed by atoms with Crippen LogP contribution in [0, 0.1) is 11.7 Å². The van der Waals surface area contributed by atoms with Crippen molar-refractivity contribution in [3.63, 3.8) is 0 Å². The van der Waals surface area contributed by atoms with Gasteiger partial charge in [0.2, 0.25) is 4.77 Å². The molecule has 1 aromatic heterocycles. The maximum atomic E-state index is 5.39. The van der Waals surface area contributed by atoms with Crippen LogP contribution in [0.3, 0.4) is 0 Å². The third-order valence-electron chi connectivity index (χ3n) is 3.79. The van der Waals surface area contributed by atoms with Gasteiger partial charge < -0.3 is 9.47 Å². The van der Waals surface area contributed by atoms with E-state index in [0.29, 0.717) is 16.3 Å². The van der Waals surface area contributed by atoms with Crippen LogP contribution in [0.2, 0.25) is 0 Å². The molecular weight excluding hydrogens is 336 g/mol. The van der Waals surface area contributed by atoms with E-state index in [1.54, 1.807) is 31.2 Å². The third-order valence-corrected chi connectivity index (χ3v) is 4.05. The first-order valence-corrected chi connectivity index (χ1v) is 8.04. The van der Waals surface area contributed by atoms with Crippen molar-refractivity contribution in [3.05, 3.63) is 58.4 Å². The van der Waals surface area contributed by atoms with E-state index in [4.69, 9.17) is 21.7 Å². The Hall–Kier alpha value is -2.93. The maximum absolute atomic E-state index is 5.39. The van der Waals surface area contributed by atoms with Crippen molar-refractivity contribution in [2.45, 2.75) is 6.92 Å². The summed E-state index contributed by atoms with van der Waals surface area (Å²) in [6.45, 7) is 2.02. The summed E-state index contributed by atoms with van der Waals surface area (Å²) in [6.07, 6.45) is 1.69. The molecule has 25 heavy (non-hydrogen) atoms. The van der Waals surface area contributed by atoms with E-state index in [1.165, 1.54) is 0 Å². The molecule has 1 heterocycles. The van der Waals surface area contributed by atoms with Crippen LogP contribution < -0.4 is 9.47 Å². The molecule has 0 aliphatic carbocycles. The summed E-state index contributed by atoms with van der Waals surface area (Å²) in [6, 6.07) is 13.5. The Labute approximate surface area is 150 Å². The van der Waals surface area contributed by atoms with Crippen LogP contribution >= 0.6 is 12.2 Å². The van der Waals surface area contributed by atoms with E-state index < -0.39 is 0 Å². The molecule has 1 N–H and O–H groups in total. The molecule has 0 radical (unpaired) electrons. The average molecular weight is 354 g/mol. The van der Waals surface area contributed by atoms with Crippen molar-refractivity contribution in [2.24, 2.45) is 5.10 Å². The molecule has 2 aromatic carbocycles. The second-order valence-electron chi connectivity index (χ2n) is 5.33. The van der Waals surface area contributed by atoms with Gasteiger partial charge in [0.1, 0.15) is 11.5 Å². The molecule has 0 aliphatic rings. The molecule has 0 saturated carbocycles. The molecule has 3 rings (SSSR count). The van der Waals surface area contributed by atoms with Crippen LogP contribution in [0.15, 0.2) is 47.6 Å². The molecule has 0 atom stereocenters. The van der Waals surface area contributed by atoms with Crippen molar-refractivity contribution >= 4 is 18.4 Å². The molecule has 6 nitrogen and oxygen atoms in total. The van der Waals surface area contributed by atoms with Crippen molar-refractivity contribution in [1.82, 2.24) is 14.9 Å². The summed E-state index contributed by atoms with van der Waals surface area (Å²) in [5, 5.41) is 11.6.